The fourth-order valence-electron chi connectivity index (χ4n) is 2.43. The van der Waals surface area contributed by atoms with Crippen molar-refractivity contribution in [3.63, 3.8) is 0 Å². The van der Waals surface area contributed by atoms with Gasteiger partial charge in [0.05, 0.1) is 27.7 Å². The summed E-state index contributed by atoms with van der Waals surface area (Å²) in [6, 6.07) is 11.1. The lowest BCUT2D eigenvalue weighted by atomic mass is 10.1. The summed E-state index contributed by atoms with van der Waals surface area (Å²) in [4.78, 5) is 24.4. The number of rotatable bonds is 3. The van der Waals surface area contributed by atoms with E-state index in [-0.39, 0.29) is 28.4 Å². The van der Waals surface area contributed by atoms with Crippen LogP contribution in [0.25, 0.3) is 0 Å². The molecule has 2 amide bonds. The van der Waals surface area contributed by atoms with E-state index < -0.39 is 21.8 Å². The van der Waals surface area contributed by atoms with E-state index in [1.807, 2.05) is 0 Å². The lowest BCUT2D eigenvalue weighted by molar-refractivity contribution is -0.116. The lowest BCUT2D eigenvalue weighted by Gasteiger charge is -2.16. The van der Waals surface area contributed by atoms with Crippen molar-refractivity contribution in [3.8, 4) is 0 Å². The number of carbonyl (C=O) groups is 2. The summed E-state index contributed by atoms with van der Waals surface area (Å²) in [5.74, 6) is -1.28. The van der Waals surface area contributed by atoms with Gasteiger partial charge in [-0.15, -0.1) is 0 Å². The molecule has 0 bridgehead atoms. The standard InChI is InChI=1S/C16H12BrClN2O4S/c17-12-3-1-2-4-14(12)19-16(22)11-9-10(5-6-13(11)18)20-15(21)7-8-25(20,23)24/h1-6,9H,7-8H2,(H,19,22). The number of halogens is 2. The Balaban J connectivity index is 1.96. The molecule has 0 radical (unpaired) electrons. The Morgan fingerprint density at radius 2 is 1.92 bits per heavy atom. The van der Waals surface area contributed by atoms with Crippen molar-refractivity contribution in [2.45, 2.75) is 6.42 Å². The molecule has 0 saturated carbocycles. The Bertz CT molecular complexity index is 978. The summed E-state index contributed by atoms with van der Waals surface area (Å²) < 4.78 is 25.5. The summed E-state index contributed by atoms with van der Waals surface area (Å²) in [5, 5.41) is 2.84. The number of hydrogen-bond donors (Lipinski definition) is 1. The first-order valence-electron chi connectivity index (χ1n) is 7.21. The van der Waals surface area contributed by atoms with Crippen molar-refractivity contribution in [2.24, 2.45) is 0 Å². The molecule has 2 aromatic carbocycles. The van der Waals surface area contributed by atoms with Gasteiger partial charge in [-0.05, 0) is 46.3 Å². The van der Waals surface area contributed by atoms with E-state index in [9.17, 15) is 18.0 Å². The maximum Gasteiger partial charge on any atom is 0.257 e. The van der Waals surface area contributed by atoms with Gasteiger partial charge in [0.2, 0.25) is 15.9 Å². The smallest absolute Gasteiger partial charge is 0.257 e. The number of nitrogens with one attached hydrogen (secondary N) is 1. The van der Waals surface area contributed by atoms with Crippen LogP contribution in [0, 0.1) is 0 Å². The Morgan fingerprint density at radius 3 is 2.56 bits per heavy atom. The van der Waals surface area contributed by atoms with Gasteiger partial charge >= 0.3 is 0 Å². The second-order valence-corrected chi connectivity index (χ2v) is 8.52. The third-order valence-corrected chi connectivity index (χ3v) is 6.34. The molecule has 1 heterocycles. The molecule has 1 N–H and O–H groups in total. The second kappa shape index (κ2) is 6.78. The highest BCUT2D eigenvalue weighted by Gasteiger charge is 2.36. The third kappa shape index (κ3) is 3.56. The largest absolute Gasteiger partial charge is 0.321 e. The van der Waals surface area contributed by atoms with Gasteiger partial charge in [0.1, 0.15) is 0 Å². The molecule has 0 aromatic heterocycles. The Morgan fingerprint density at radius 1 is 1.20 bits per heavy atom. The highest BCUT2D eigenvalue weighted by atomic mass is 79.9. The summed E-state index contributed by atoms with van der Waals surface area (Å²) in [7, 11) is -3.71. The minimum atomic E-state index is -3.71. The minimum Gasteiger partial charge on any atom is -0.321 e. The van der Waals surface area contributed by atoms with E-state index in [1.54, 1.807) is 24.3 Å². The first kappa shape index (κ1) is 17.9. The average molecular weight is 444 g/mol. The van der Waals surface area contributed by atoms with Crippen LogP contribution in [-0.4, -0.2) is 26.0 Å². The lowest BCUT2D eigenvalue weighted by Crippen LogP contribution is -2.29. The molecule has 1 fully saturated rings. The third-order valence-electron chi connectivity index (χ3n) is 3.63. The van der Waals surface area contributed by atoms with Crippen LogP contribution in [0.5, 0.6) is 0 Å². The highest BCUT2D eigenvalue weighted by molar-refractivity contribution is 9.10. The first-order valence-corrected chi connectivity index (χ1v) is 9.99. The number of para-hydroxylation sites is 1. The molecule has 9 heteroatoms. The first-order chi connectivity index (χ1) is 11.8. The normalized spacial score (nSPS) is 16.1. The van der Waals surface area contributed by atoms with Crippen LogP contribution < -0.4 is 9.62 Å². The number of nitrogens with zero attached hydrogens (tertiary/aromatic N) is 1. The van der Waals surface area contributed by atoms with Crippen molar-refractivity contribution in [1.82, 2.24) is 0 Å². The number of hydrogen-bond acceptors (Lipinski definition) is 4. The van der Waals surface area contributed by atoms with Gasteiger partial charge in [-0.2, -0.15) is 0 Å². The highest BCUT2D eigenvalue weighted by Crippen LogP contribution is 2.30. The van der Waals surface area contributed by atoms with Gasteiger partial charge in [-0.3, -0.25) is 9.59 Å². The molecule has 130 valence electrons. The SMILES string of the molecule is O=C(Nc1ccccc1Br)c1cc(N2C(=O)CCS2(=O)=O)ccc1Cl. The van der Waals surface area contributed by atoms with E-state index in [2.05, 4.69) is 21.2 Å². The number of carbonyl (C=O) groups excluding carboxylic acids is 2. The maximum absolute atomic E-state index is 12.5. The zero-order valence-electron chi connectivity index (χ0n) is 12.7. The van der Waals surface area contributed by atoms with E-state index in [1.165, 1.54) is 18.2 Å². The fraction of sp³-hybridized carbons (Fsp3) is 0.125. The number of amides is 2. The molecule has 1 aliphatic rings. The van der Waals surface area contributed by atoms with Gasteiger partial charge in [0.15, 0.2) is 0 Å². The predicted molar refractivity (Wildman–Crippen MR) is 99.4 cm³/mol. The van der Waals surface area contributed by atoms with Crippen molar-refractivity contribution in [2.75, 3.05) is 15.4 Å². The molecule has 2 aromatic rings. The van der Waals surface area contributed by atoms with Crippen molar-refractivity contribution < 1.29 is 18.0 Å². The molecule has 3 rings (SSSR count). The van der Waals surface area contributed by atoms with Crippen molar-refractivity contribution in [3.05, 3.63) is 57.5 Å². The van der Waals surface area contributed by atoms with Crippen LogP contribution >= 0.6 is 27.5 Å². The number of anilines is 2. The maximum atomic E-state index is 12.5. The van der Waals surface area contributed by atoms with Gasteiger partial charge in [-0.25, -0.2) is 12.7 Å². The van der Waals surface area contributed by atoms with E-state index in [4.69, 9.17) is 11.6 Å². The second-order valence-electron chi connectivity index (χ2n) is 5.32. The quantitative estimate of drug-likeness (QED) is 0.788. The van der Waals surface area contributed by atoms with E-state index >= 15 is 0 Å². The molecule has 0 unspecified atom stereocenters. The molecule has 6 nitrogen and oxygen atoms in total. The molecule has 1 saturated heterocycles. The predicted octanol–water partition coefficient (Wildman–Crippen LogP) is 3.42. The zero-order chi connectivity index (χ0) is 18.2. The van der Waals surface area contributed by atoms with Gasteiger partial charge < -0.3 is 5.32 Å². The summed E-state index contributed by atoms with van der Waals surface area (Å²) in [6.45, 7) is 0. The Hall–Kier alpha value is -1.90. The molecule has 0 spiro atoms. The van der Waals surface area contributed by atoms with Gasteiger partial charge in [0.25, 0.3) is 5.91 Å². The fourth-order valence-corrected chi connectivity index (χ4v) is 4.47. The van der Waals surface area contributed by atoms with Gasteiger partial charge in [-0.1, -0.05) is 23.7 Å². The van der Waals surface area contributed by atoms with Crippen LogP contribution in [0.2, 0.25) is 5.02 Å². The van der Waals surface area contributed by atoms with E-state index in [0.29, 0.717) is 10.2 Å². The molecule has 25 heavy (non-hydrogen) atoms. The summed E-state index contributed by atoms with van der Waals surface area (Å²) >= 11 is 9.41. The van der Waals surface area contributed by atoms with Crippen molar-refractivity contribution in [1.29, 1.82) is 0 Å². The van der Waals surface area contributed by atoms with Crippen LogP contribution in [-0.2, 0) is 14.8 Å². The van der Waals surface area contributed by atoms with Crippen molar-refractivity contribution >= 4 is 60.7 Å². The van der Waals surface area contributed by atoms with Gasteiger partial charge in [0, 0.05) is 10.9 Å². The zero-order valence-corrected chi connectivity index (χ0v) is 15.9. The van der Waals surface area contributed by atoms with Crippen LogP contribution in [0.3, 0.4) is 0 Å². The topological polar surface area (TPSA) is 83.6 Å². The monoisotopic (exact) mass is 442 g/mol. The Kier molecular flexibility index (Phi) is 4.86. The molecular weight excluding hydrogens is 432 g/mol. The molecule has 1 aliphatic heterocycles. The van der Waals surface area contributed by atoms with Crippen LogP contribution in [0.4, 0.5) is 11.4 Å². The van der Waals surface area contributed by atoms with Crippen LogP contribution in [0.15, 0.2) is 46.9 Å². The number of benzene rings is 2. The average Bonchev–Trinajstić information content (AvgIpc) is 2.83. The Labute approximate surface area is 158 Å². The molecular formula is C16H12BrClN2O4S. The summed E-state index contributed by atoms with van der Waals surface area (Å²) in [6.07, 6.45) is -0.0799. The van der Waals surface area contributed by atoms with Crippen LogP contribution in [0.1, 0.15) is 16.8 Å². The summed E-state index contributed by atoms with van der Waals surface area (Å²) in [5.41, 5.74) is 0.716. The number of sulfonamides is 1. The molecule has 0 aliphatic carbocycles. The minimum absolute atomic E-state index is 0.0739. The van der Waals surface area contributed by atoms with E-state index in [0.717, 1.165) is 4.31 Å². The molecule has 0 atom stereocenters.